The Labute approximate surface area is 168 Å². The average Bonchev–Trinajstić information content (AvgIpc) is 3.14. The van der Waals surface area contributed by atoms with Gasteiger partial charge in [-0.05, 0) is 50.9 Å². The van der Waals surface area contributed by atoms with Crippen molar-refractivity contribution in [1.82, 2.24) is 20.5 Å². The van der Waals surface area contributed by atoms with Gasteiger partial charge in [0, 0.05) is 41.5 Å². The molecule has 0 saturated carbocycles. The number of aromatic nitrogens is 1. The Bertz CT molecular complexity index is 918. The van der Waals surface area contributed by atoms with Gasteiger partial charge in [0.05, 0.1) is 11.5 Å². The largest absolute Gasteiger partial charge is 0.353 e. The second-order valence-electron chi connectivity index (χ2n) is 8.08. The van der Waals surface area contributed by atoms with Crippen LogP contribution in [0.25, 0.3) is 10.1 Å². The third-order valence-corrected chi connectivity index (χ3v) is 7.61. The Kier molecular flexibility index (Phi) is 4.47. The van der Waals surface area contributed by atoms with E-state index in [2.05, 4.69) is 38.4 Å². The Morgan fingerprint density at radius 2 is 2.11 bits per heavy atom. The SMILES string of the molecule is C[C@H]1[C@H](NC(=O)c2cc3sc(N4CCNC(=O)C4)cc3cn2)C2CCN1CC2. The molecule has 2 aromatic heterocycles. The number of nitrogens with zero attached hydrogens (tertiary/aromatic N) is 3. The molecule has 6 rings (SSSR count). The van der Waals surface area contributed by atoms with Gasteiger partial charge in [-0.25, -0.2) is 0 Å². The van der Waals surface area contributed by atoms with Gasteiger partial charge in [0.25, 0.3) is 5.91 Å². The second-order valence-corrected chi connectivity index (χ2v) is 9.14. The minimum atomic E-state index is -0.0835. The minimum absolute atomic E-state index is 0.0496. The molecule has 8 heteroatoms. The molecule has 4 aliphatic heterocycles. The summed E-state index contributed by atoms with van der Waals surface area (Å²) >= 11 is 1.61. The number of piperidine rings is 3. The van der Waals surface area contributed by atoms with Gasteiger partial charge in [-0.15, -0.1) is 11.3 Å². The van der Waals surface area contributed by atoms with Crippen molar-refractivity contribution in [2.45, 2.75) is 31.8 Å². The Hall–Kier alpha value is -2.19. The maximum atomic E-state index is 12.9. The summed E-state index contributed by atoms with van der Waals surface area (Å²) in [6, 6.07) is 4.54. The quantitative estimate of drug-likeness (QED) is 0.817. The van der Waals surface area contributed by atoms with E-state index in [1.54, 1.807) is 17.5 Å². The molecule has 4 saturated heterocycles. The first-order valence-corrected chi connectivity index (χ1v) is 10.9. The Morgan fingerprint density at radius 1 is 1.29 bits per heavy atom. The Morgan fingerprint density at radius 3 is 2.86 bits per heavy atom. The highest BCUT2D eigenvalue weighted by Crippen LogP contribution is 2.34. The van der Waals surface area contributed by atoms with Crippen LogP contribution in [-0.2, 0) is 4.79 Å². The van der Waals surface area contributed by atoms with E-state index < -0.39 is 0 Å². The number of amides is 2. The topological polar surface area (TPSA) is 77.6 Å². The maximum absolute atomic E-state index is 12.9. The van der Waals surface area contributed by atoms with Crippen molar-refractivity contribution in [2.75, 3.05) is 37.6 Å². The van der Waals surface area contributed by atoms with Gasteiger partial charge >= 0.3 is 0 Å². The number of piperazine rings is 1. The van der Waals surface area contributed by atoms with E-state index in [1.165, 1.54) is 12.8 Å². The number of nitrogens with one attached hydrogen (secondary N) is 2. The number of hydrogen-bond donors (Lipinski definition) is 2. The fourth-order valence-corrected chi connectivity index (χ4v) is 5.89. The van der Waals surface area contributed by atoms with E-state index in [9.17, 15) is 9.59 Å². The van der Waals surface area contributed by atoms with Crippen molar-refractivity contribution in [3.8, 4) is 0 Å². The highest BCUT2D eigenvalue weighted by molar-refractivity contribution is 7.22. The zero-order valence-corrected chi connectivity index (χ0v) is 16.8. The number of pyridine rings is 1. The van der Waals surface area contributed by atoms with Crippen molar-refractivity contribution < 1.29 is 9.59 Å². The highest BCUT2D eigenvalue weighted by Gasteiger charge is 2.40. The smallest absolute Gasteiger partial charge is 0.270 e. The first-order valence-electron chi connectivity index (χ1n) is 10.0. The van der Waals surface area contributed by atoms with Crippen molar-refractivity contribution in [3.63, 3.8) is 0 Å². The van der Waals surface area contributed by atoms with E-state index in [0.29, 0.717) is 30.7 Å². The van der Waals surface area contributed by atoms with Crippen molar-refractivity contribution in [3.05, 3.63) is 24.0 Å². The van der Waals surface area contributed by atoms with Crippen LogP contribution < -0.4 is 15.5 Å². The molecule has 2 atom stereocenters. The van der Waals surface area contributed by atoms with Gasteiger partial charge in [0.1, 0.15) is 5.69 Å². The molecule has 0 spiro atoms. The van der Waals surface area contributed by atoms with Gasteiger partial charge in [-0.3, -0.25) is 19.5 Å². The molecule has 0 unspecified atom stereocenters. The fourth-order valence-electron chi connectivity index (χ4n) is 4.80. The van der Waals surface area contributed by atoms with Crippen molar-refractivity contribution >= 4 is 38.2 Å². The fraction of sp³-hybridized carbons (Fsp3) is 0.550. The molecule has 7 nitrogen and oxygen atoms in total. The molecule has 0 radical (unpaired) electrons. The molecule has 28 heavy (non-hydrogen) atoms. The van der Waals surface area contributed by atoms with Crippen LogP contribution in [0, 0.1) is 5.92 Å². The monoisotopic (exact) mass is 399 g/mol. The predicted octanol–water partition coefficient (Wildman–Crippen LogP) is 1.44. The second kappa shape index (κ2) is 7.00. The molecule has 4 fully saturated rings. The van der Waals surface area contributed by atoms with E-state index in [1.807, 2.05) is 6.07 Å². The van der Waals surface area contributed by atoms with E-state index in [0.717, 1.165) is 34.7 Å². The van der Waals surface area contributed by atoms with Gasteiger partial charge in [-0.2, -0.15) is 0 Å². The molecular formula is C20H25N5O2S. The average molecular weight is 400 g/mol. The van der Waals surface area contributed by atoms with Crippen molar-refractivity contribution in [1.29, 1.82) is 0 Å². The van der Waals surface area contributed by atoms with E-state index >= 15 is 0 Å². The normalized spacial score (nSPS) is 29.8. The third kappa shape index (κ3) is 3.14. The van der Waals surface area contributed by atoms with Crippen LogP contribution in [-0.4, -0.2) is 66.5 Å². The summed E-state index contributed by atoms with van der Waals surface area (Å²) in [5.41, 5.74) is 0.473. The highest BCUT2D eigenvalue weighted by atomic mass is 32.1. The summed E-state index contributed by atoms with van der Waals surface area (Å²) < 4.78 is 1.03. The first-order chi connectivity index (χ1) is 13.6. The number of carbonyl (C=O) groups is 2. The number of fused-ring (bicyclic) bond motifs is 4. The van der Waals surface area contributed by atoms with Gasteiger partial charge in [0.2, 0.25) is 5.91 Å². The van der Waals surface area contributed by atoms with Crippen LogP contribution in [0.4, 0.5) is 5.00 Å². The number of thiophene rings is 1. The van der Waals surface area contributed by atoms with Gasteiger partial charge in [-0.1, -0.05) is 0 Å². The molecule has 0 aromatic carbocycles. The van der Waals surface area contributed by atoms with Crippen molar-refractivity contribution in [2.24, 2.45) is 5.92 Å². The summed E-state index contributed by atoms with van der Waals surface area (Å²) in [5.74, 6) is 0.541. The number of rotatable bonds is 3. The molecule has 2 aromatic rings. The van der Waals surface area contributed by atoms with Crippen LogP contribution in [0.3, 0.4) is 0 Å². The predicted molar refractivity (Wildman–Crippen MR) is 110 cm³/mol. The standard InChI is InChI=1S/C20H25N5O2S/c1-12-19(13-2-5-24(12)6-3-13)23-20(27)15-9-16-14(10-22-15)8-18(28-16)25-7-4-21-17(26)11-25/h8-10,12-13,19H,2-7,11H2,1H3,(H,21,26)(H,23,27)/t12-,19-/m0/s1. The number of carbonyl (C=O) groups excluding carboxylic acids is 2. The molecule has 2 amide bonds. The molecule has 4 aliphatic rings. The summed E-state index contributed by atoms with van der Waals surface area (Å²) in [4.78, 5) is 33.5. The lowest BCUT2D eigenvalue weighted by molar-refractivity contribution is -0.120. The number of hydrogen-bond acceptors (Lipinski definition) is 6. The molecule has 6 heterocycles. The zero-order chi connectivity index (χ0) is 19.3. The third-order valence-electron chi connectivity index (χ3n) is 6.45. The van der Waals surface area contributed by atoms with Crippen LogP contribution in [0.2, 0.25) is 0 Å². The van der Waals surface area contributed by atoms with Gasteiger partial charge in [0.15, 0.2) is 0 Å². The molecular weight excluding hydrogens is 374 g/mol. The lowest BCUT2D eigenvalue weighted by Gasteiger charge is -2.49. The van der Waals surface area contributed by atoms with Crippen LogP contribution in [0.5, 0.6) is 0 Å². The lowest BCUT2D eigenvalue weighted by atomic mass is 9.79. The summed E-state index contributed by atoms with van der Waals surface area (Å²) in [5, 5.41) is 8.17. The summed E-state index contributed by atoms with van der Waals surface area (Å²) in [6.45, 7) is 6.36. The molecule has 2 N–H and O–H groups in total. The van der Waals surface area contributed by atoms with Gasteiger partial charge < -0.3 is 15.5 Å². The van der Waals surface area contributed by atoms with Crippen LogP contribution in [0.1, 0.15) is 30.3 Å². The first kappa shape index (κ1) is 17.9. The molecule has 0 aliphatic carbocycles. The minimum Gasteiger partial charge on any atom is -0.353 e. The van der Waals surface area contributed by atoms with Crippen LogP contribution in [0.15, 0.2) is 18.3 Å². The maximum Gasteiger partial charge on any atom is 0.270 e. The summed E-state index contributed by atoms with van der Waals surface area (Å²) in [7, 11) is 0. The van der Waals surface area contributed by atoms with E-state index in [4.69, 9.17) is 0 Å². The Balaban J connectivity index is 1.34. The molecule has 148 valence electrons. The zero-order valence-electron chi connectivity index (χ0n) is 16.0. The molecule has 2 bridgehead atoms. The van der Waals surface area contributed by atoms with Crippen LogP contribution >= 0.6 is 11.3 Å². The summed E-state index contributed by atoms with van der Waals surface area (Å²) in [6.07, 6.45) is 4.10. The lowest BCUT2D eigenvalue weighted by Crippen LogP contribution is -2.62. The number of anilines is 1. The van der Waals surface area contributed by atoms with E-state index in [-0.39, 0.29) is 17.9 Å².